The first-order valence-corrected chi connectivity index (χ1v) is 14.2. The number of nitrogens with zero attached hydrogens (tertiary/aromatic N) is 1. The summed E-state index contributed by atoms with van der Waals surface area (Å²) < 4.78 is 6.57. The van der Waals surface area contributed by atoms with Crippen LogP contribution in [-0.2, 0) is 19.1 Å². The molecule has 2 aromatic rings. The summed E-state index contributed by atoms with van der Waals surface area (Å²) in [5.41, 5.74) is -0.377. The van der Waals surface area contributed by atoms with Crippen LogP contribution in [-0.4, -0.2) is 57.6 Å². The molecule has 2 unspecified atom stereocenters. The van der Waals surface area contributed by atoms with E-state index in [1.807, 2.05) is 62.4 Å². The Morgan fingerprint density at radius 1 is 1.02 bits per heavy atom. The number of amides is 3. The molecule has 8 heteroatoms. The zero-order chi connectivity index (χ0) is 28.9. The van der Waals surface area contributed by atoms with Gasteiger partial charge in [-0.2, -0.15) is 0 Å². The molecule has 3 saturated heterocycles. The van der Waals surface area contributed by atoms with Gasteiger partial charge in [0.25, 0.3) is 0 Å². The third kappa shape index (κ3) is 5.03. The van der Waals surface area contributed by atoms with E-state index in [1.165, 1.54) is 4.90 Å². The molecule has 6 atom stereocenters. The molecule has 5 rings (SSSR count). The number of aliphatic hydroxyl groups is 1. The Labute approximate surface area is 236 Å². The van der Waals surface area contributed by atoms with E-state index in [-0.39, 0.29) is 29.7 Å². The predicted octanol–water partition coefficient (Wildman–Crippen LogP) is 4.06. The van der Waals surface area contributed by atoms with Gasteiger partial charge in [0.2, 0.25) is 17.7 Å². The average molecular weight is 548 g/mol. The molecule has 3 heterocycles. The number of carbonyl (C=O) groups excluding carboxylic acids is 3. The molecule has 2 aromatic carbocycles. The van der Waals surface area contributed by atoms with Gasteiger partial charge in [-0.05, 0) is 56.2 Å². The fourth-order valence-electron chi connectivity index (χ4n) is 7.58. The minimum absolute atomic E-state index is 0.0383. The molecule has 0 radical (unpaired) electrons. The molecule has 3 fully saturated rings. The van der Waals surface area contributed by atoms with Gasteiger partial charge in [-0.1, -0.05) is 69.3 Å². The maximum atomic E-state index is 14.4. The minimum Gasteiger partial charge on any atom is -0.394 e. The van der Waals surface area contributed by atoms with Crippen LogP contribution >= 0.6 is 0 Å². The zero-order valence-corrected chi connectivity index (χ0v) is 24.0. The van der Waals surface area contributed by atoms with Crippen LogP contribution < -0.4 is 10.6 Å². The summed E-state index contributed by atoms with van der Waals surface area (Å²) in [7, 11) is 0. The Morgan fingerprint density at radius 2 is 1.65 bits per heavy atom. The van der Waals surface area contributed by atoms with Crippen molar-refractivity contribution in [2.24, 2.45) is 17.3 Å². The van der Waals surface area contributed by atoms with E-state index in [0.717, 1.165) is 12.0 Å². The number of anilines is 1. The molecule has 8 nitrogen and oxygen atoms in total. The molecule has 3 amide bonds. The highest BCUT2D eigenvalue weighted by atomic mass is 16.5. The van der Waals surface area contributed by atoms with Gasteiger partial charge in [0, 0.05) is 11.2 Å². The van der Waals surface area contributed by atoms with Crippen LogP contribution in [0, 0.1) is 17.3 Å². The number of benzene rings is 2. The maximum Gasteiger partial charge on any atom is 0.246 e. The summed E-state index contributed by atoms with van der Waals surface area (Å²) in [6, 6.07) is 16.6. The first kappa shape index (κ1) is 28.3. The number of para-hydroxylation sites is 1. The van der Waals surface area contributed by atoms with Crippen LogP contribution in [0.25, 0.3) is 0 Å². The highest BCUT2D eigenvalue weighted by Crippen LogP contribution is 2.59. The monoisotopic (exact) mass is 547 g/mol. The summed E-state index contributed by atoms with van der Waals surface area (Å²) in [6.45, 7) is 9.96. The van der Waals surface area contributed by atoms with Crippen molar-refractivity contribution in [1.82, 2.24) is 10.2 Å². The van der Waals surface area contributed by atoms with Crippen molar-refractivity contribution in [1.29, 1.82) is 0 Å². The van der Waals surface area contributed by atoms with E-state index in [2.05, 4.69) is 31.4 Å². The van der Waals surface area contributed by atoms with Gasteiger partial charge in [0.1, 0.15) is 11.6 Å². The van der Waals surface area contributed by atoms with Crippen LogP contribution in [0.3, 0.4) is 0 Å². The van der Waals surface area contributed by atoms with Gasteiger partial charge in [-0.3, -0.25) is 14.4 Å². The van der Waals surface area contributed by atoms with Gasteiger partial charge >= 0.3 is 0 Å². The standard InChI is InChI=1S/C32H41N3O5/c1-30(2,3)19-31(4,5)34-28(38)26-32-17-16-23(40-32)24(27(37)33-21-14-10-7-11-15-21)25(32)29(39)35(26)22(18-36)20-12-8-6-9-13-20/h6-15,22-26,36H,16-19H2,1-5H3,(H,33,37)(H,34,38)/t22-,23-,24+,25+,26?,32?/m1/s1. The average Bonchev–Trinajstić information content (AvgIpc) is 3.52. The molecule has 0 aromatic heterocycles. The number of hydrogen-bond donors (Lipinski definition) is 3. The Morgan fingerprint density at radius 3 is 2.25 bits per heavy atom. The van der Waals surface area contributed by atoms with E-state index >= 15 is 0 Å². The predicted molar refractivity (Wildman–Crippen MR) is 152 cm³/mol. The normalized spacial score (nSPS) is 28.4. The molecule has 0 saturated carbocycles. The second kappa shape index (κ2) is 10.3. The van der Waals surface area contributed by atoms with Gasteiger partial charge in [0.05, 0.1) is 30.6 Å². The number of aliphatic hydroxyl groups excluding tert-OH is 1. The van der Waals surface area contributed by atoms with Crippen molar-refractivity contribution in [2.75, 3.05) is 11.9 Å². The van der Waals surface area contributed by atoms with Gasteiger partial charge < -0.3 is 25.4 Å². The number of carbonyl (C=O) groups is 3. The lowest BCUT2D eigenvalue weighted by molar-refractivity contribution is -0.146. The van der Waals surface area contributed by atoms with Crippen molar-refractivity contribution in [3.8, 4) is 0 Å². The van der Waals surface area contributed by atoms with Crippen molar-refractivity contribution in [3.05, 3.63) is 66.2 Å². The molecule has 0 aliphatic carbocycles. The first-order valence-electron chi connectivity index (χ1n) is 14.2. The number of nitrogens with one attached hydrogen (secondary N) is 2. The van der Waals surface area contributed by atoms with Crippen LogP contribution in [0.5, 0.6) is 0 Å². The molecule has 3 aliphatic heterocycles. The smallest absolute Gasteiger partial charge is 0.246 e. The van der Waals surface area contributed by atoms with Crippen LogP contribution in [0.2, 0.25) is 0 Å². The summed E-state index contributed by atoms with van der Waals surface area (Å²) in [5.74, 6) is -2.49. The van der Waals surface area contributed by atoms with Crippen LogP contribution in [0.4, 0.5) is 5.69 Å². The first-order chi connectivity index (χ1) is 18.9. The minimum atomic E-state index is -1.15. The van der Waals surface area contributed by atoms with E-state index < -0.39 is 41.2 Å². The topological polar surface area (TPSA) is 108 Å². The van der Waals surface area contributed by atoms with Gasteiger partial charge in [-0.15, -0.1) is 0 Å². The Bertz CT molecular complexity index is 1260. The quantitative estimate of drug-likeness (QED) is 0.462. The third-order valence-corrected chi connectivity index (χ3v) is 8.46. The van der Waals surface area contributed by atoms with E-state index in [9.17, 15) is 19.5 Å². The summed E-state index contributed by atoms with van der Waals surface area (Å²) in [5, 5.41) is 16.8. The summed E-state index contributed by atoms with van der Waals surface area (Å²) in [4.78, 5) is 43.8. The van der Waals surface area contributed by atoms with E-state index in [4.69, 9.17) is 4.74 Å². The molecule has 214 valence electrons. The molecule has 3 aliphatic rings. The Balaban J connectivity index is 1.54. The summed E-state index contributed by atoms with van der Waals surface area (Å²) in [6.07, 6.45) is 1.33. The lowest BCUT2D eigenvalue weighted by Crippen LogP contribution is -2.60. The van der Waals surface area contributed by atoms with Crippen molar-refractivity contribution in [2.45, 2.75) is 83.2 Å². The van der Waals surface area contributed by atoms with Crippen molar-refractivity contribution in [3.63, 3.8) is 0 Å². The molecule has 2 bridgehead atoms. The molecule has 40 heavy (non-hydrogen) atoms. The van der Waals surface area contributed by atoms with Crippen molar-refractivity contribution < 1.29 is 24.2 Å². The number of likely N-dealkylation sites (tertiary alicyclic amines) is 1. The van der Waals surface area contributed by atoms with E-state index in [1.54, 1.807) is 12.1 Å². The second-order valence-corrected chi connectivity index (χ2v) is 13.4. The van der Waals surface area contributed by atoms with Crippen molar-refractivity contribution >= 4 is 23.4 Å². The molecule has 1 spiro atoms. The lowest BCUT2D eigenvalue weighted by atomic mass is 9.70. The lowest BCUT2D eigenvalue weighted by Gasteiger charge is -2.40. The number of hydrogen-bond acceptors (Lipinski definition) is 5. The zero-order valence-electron chi connectivity index (χ0n) is 24.0. The fraction of sp³-hybridized carbons (Fsp3) is 0.531. The second-order valence-electron chi connectivity index (χ2n) is 13.4. The van der Waals surface area contributed by atoms with E-state index in [0.29, 0.717) is 18.5 Å². The molecule has 3 N–H and O–H groups in total. The molecular weight excluding hydrogens is 506 g/mol. The number of rotatable bonds is 8. The maximum absolute atomic E-state index is 14.4. The SMILES string of the molecule is CC(C)(C)CC(C)(C)NC(=O)C1N([C@H](CO)c2ccccc2)C(=O)[C@@H]2[C@@H](C(=O)Nc3ccccc3)[C@H]3CCC12O3. The Hall–Kier alpha value is -3.23. The van der Waals surface area contributed by atoms with Gasteiger partial charge in [0.15, 0.2) is 0 Å². The van der Waals surface area contributed by atoms with Crippen LogP contribution in [0.15, 0.2) is 60.7 Å². The highest BCUT2D eigenvalue weighted by molar-refractivity contribution is 6.02. The number of ether oxygens (including phenoxy) is 1. The largest absolute Gasteiger partial charge is 0.394 e. The fourth-order valence-corrected chi connectivity index (χ4v) is 7.58. The highest BCUT2D eigenvalue weighted by Gasteiger charge is 2.75. The third-order valence-electron chi connectivity index (χ3n) is 8.46. The Kier molecular flexibility index (Phi) is 7.29. The number of fused-ring (bicyclic) bond motifs is 1. The van der Waals surface area contributed by atoms with Gasteiger partial charge in [-0.25, -0.2) is 0 Å². The summed E-state index contributed by atoms with van der Waals surface area (Å²) >= 11 is 0. The molecular formula is C32H41N3O5. The van der Waals surface area contributed by atoms with Crippen LogP contribution in [0.1, 0.15) is 65.5 Å².